The second-order valence-electron chi connectivity index (χ2n) is 6.17. The fourth-order valence-corrected chi connectivity index (χ4v) is 3.28. The first-order chi connectivity index (χ1) is 11.7. The maximum absolute atomic E-state index is 11.3. The number of hydrogen-bond donors (Lipinski definition) is 0. The molecule has 2 aromatic carbocycles. The van der Waals surface area contributed by atoms with Gasteiger partial charge < -0.3 is 4.90 Å². The standard InChI is InChI=1S/C20H22N2O2/c23-22(24)16-20(18-11-5-2-6-12-18)19(15-21-13-7-8-14-21)17-9-3-1-4-10-17/h1-6,9-12,15,20H,7-8,13-14,16H2/b19-15-. The molecule has 0 saturated carbocycles. The number of nitro groups is 1. The van der Waals surface area contributed by atoms with Gasteiger partial charge in [0, 0.05) is 24.2 Å². The molecule has 1 aliphatic heterocycles. The molecule has 3 rings (SSSR count). The van der Waals surface area contributed by atoms with E-state index in [0.717, 1.165) is 29.8 Å². The predicted molar refractivity (Wildman–Crippen MR) is 96.3 cm³/mol. The predicted octanol–water partition coefficient (Wildman–Crippen LogP) is 4.18. The first-order valence-corrected chi connectivity index (χ1v) is 8.42. The first kappa shape index (κ1) is 16.2. The van der Waals surface area contributed by atoms with E-state index in [2.05, 4.69) is 11.1 Å². The Balaban J connectivity index is 2.04. The SMILES string of the molecule is O=[N+]([O-])CC(/C(=C\N1CCCC1)c1ccccc1)c1ccccc1. The molecule has 24 heavy (non-hydrogen) atoms. The molecule has 4 heteroatoms. The highest BCUT2D eigenvalue weighted by molar-refractivity contribution is 5.71. The monoisotopic (exact) mass is 322 g/mol. The average molecular weight is 322 g/mol. The number of rotatable bonds is 6. The van der Waals surface area contributed by atoms with Crippen LogP contribution in [0.1, 0.15) is 29.9 Å². The molecule has 1 unspecified atom stereocenters. The van der Waals surface area contributed by atoms with Gasteiger partial charge >= 0.3 is 0 Å². The lowest BCUT2D eigenvalue weighted by atomic mass is 9.87. The molecular formula is C20H22N2O2. The molecule has 1 atom stereocenters. The summed E-state index contributed by atoms with van der Waals surface area (Å²) in [6.45, 7) is 1.95. The lowest BCUT2D eigenvalue weighted by Gasteiger charge is -2.22. The summed E-state index contributed by atoms with van der Waals surface area (Å²) in [6.07, 6.45) is 4.51. The minimum absolute atomic E-state index is 0.0986. The fraction of sp³-hybridized carbons (Fsp3) is 0.300. The third kappa shape index (κ3) is 4.02. The van der Waals surface area contributed by atoms with Crippen molar-refractivity contribution in [1.29, 1.82) is 0 Å². The summed E-state index contributed by atoms with van der Waals surface area (Å²) in [5.41, 5.74) is 3.07. The Bertz CT molecular complexity index is 692. The van der Waals surface area contributed by atoms with Crippen molar-refractivity contribution in [2.24, 2.45) is 0 Å². The van der Waals surface area contributed by atoms with Gasteiger partial charge in [-0.2, -0.15) is 0 Å². The zero-order chi connectivity index (χ0) is 16.8. The van der Waals surface area contributed by atoms with Crippen LogP contribution >= 0.6 is 0 Å². The molecule has 0 amide bonds. The van der Waals surface area contributed by atoms with Crippen LogP contribution in [0, 0.1) is 10.1 Å². The van der Waals surface area contributed by atoms with Gasteiger partial charge in [-0.25, -0.2) is 0 Å². The van der Waals surface area contributed by atoms with Gasteiger partial charge in [0.05, 0.1) is 5.92 Å². The van der Waals surface area contributed by atoms with Crippen molar-refractivity contribution in [3.63, 3.8) is 0 Å². The van der Waals surface area contributed by atoms with Crippen LogP contribution in [-0.2, 0) is 0 Å². The highest BCUT2D eigenvalue weighted by Crippen LogP contribution is 2.33. The van der Waals surface area contributed by atoms with Crippen LogP contribution in [0.2, 0.25) is 0 Å². The molecule has 0 aliphatic carbocycles. The van der Waals surface area contributed by atoms with Crippen LogP contribution in [0.5, 0.6) is 0 Å². The summed E-state index contributed by atoms with van der Waals surface area (Å²) >= 11 is 0. The molecule has 4 nitrogen and oxygen atoms in total. The Hall–Kier alpha value is -2.62. The molecule has 1 aliphatic rings. The van der Waals surface area contributed by atoms with E-state index in [-0.39, 0.29) is 17.4 Å². The quantitative estimate of drug-likeness (QED) is 0.592. The third-order valence-electron chi connectivity index (χ3n) is 4.48. The molecule has 0 N–H and O–H groups in total. The zero-order valence-corrected chi connectivity index (χ0v) is 13.7. The topological polar surface area (TPSA) is 46.4 Å². The lowest BCUT2D eigenvalue weighted by molar-refractivity contribution is -0.481. The van der Waals surface area contributed by atoms with Crippen LogP contribution < -0.4 is 0 Å². The van der Waals surface area contributed by atoms with Crippen molar-refractivity contribution < 1.29 is 4.92 Å². The lowest BCUT2D eigenvalue weighted by Crippen LogP contribution is -2.18. The molecule has 1 saturated heterocycles. The maximum atomic E-state index is 11.3. The number of likely N-dealkylation sites (tertiary alicyclic amines) is 1. The van der Waals surface area contributed by atoms with E-state index >= 15 is 0 Å². The molecule has 1 fully saturated rings. The molecule has 0 radical (unpaired) electrons. The fourth-order valence-electron chi connectivity index (χ4n) is 3.28. The van der Waals surface area contributed by atoms with Crippen molar-refractivity contribution in [2.45, 2.75) is 18.8 Å². The number of hydrogen-bond acceptors (Lipinski definition) is 3. The van der Waals surface area contributed by atoms with Crippen LogP contribution in [0.15, 0.2) is 66.9 Å². The Labute approximate surface area is 142 Å². The van der Waals surface area contributed by atoms with Gasteiger partial charge in [-0.3, -0.25) is 10.1 Å². The van der Waals surface area contributed by atoms with Gasteiger partial charge in [-0.1, -0.05) is 60.7 Å². The number of nitrogens with zero attached hydrogens (tertiary/aromatic N) is 2. The van der Waals surface area contributed by atoms with E-state index < -0.39 is 0 Å². The van der Waals surface area contributed by atoms with E-state index in [1.54, 1.807) is 0 Å². The van der Waals surface area contributed by atoms with E-state index in [1.165, 1.54) is 12.8 Å². The van der Waals surface area contributed by atoms with Crippen LogP contribution in [0.25, 0.3) is 5.57 Å². The summed E-state index contributed by atoms with van der Waals surface area (Å²) in [5.74, 6) is -0.246. The van der Waals surface area contributed by atoms with E-state index in [0.29, 0.717) is 0 Å². The maximum Gasteiger partial charge on any atom is 0.214 e. The van der Waals surface area contributed by atoms with Gasteiger partial charge in [0.1, 0.15) is 0 Å². The third-order valence-corrected chi connectivity index (χ3v) is 4.48. The molecule has 0 aromatic heterocycles. The van der Waals surface area contributed by atoms with Crippen molar-refractivity contribution in [1.82, 2.24) is 4.90 Å². The normalized spacial score (nSPS) is 16.2. The number of benzene rings is 2. The largest absolute Gasteiger partial charge is 0.377 e. The van der Waals surface area contributed by atoms with Gasteiger partial charge in [-0.15, -0.1) is 0 Å². The smallest absolute Gasteiger partial charge is 0.214 e. The van der Waals surface area contributed by atoms with Crippen LogP contribution in [0.4, 0.5) is 0 Å². The van der Waals surface area contributed by atoms with Gasteiger partial charge in [-0.05, 0) is 29.5 Å². The minimum Gasteiger partial charge on any atom is -0.377 e. The molecule has 124 valence electrons. The van der Waals surface area contributed by atoms with Crippen molar-refractivity contribution in [3.05, 3.63) is 88.1 Å². The second-order valence-corrected chi connectivity index (χ2v) is 6.17. The van der Waals surface area contributed by atoms with E-state index in [9.17, 15) is 10.1 Å². The molecule has 2 aromatic rings. The summed E-state index contributed by atoms with van der Waals surface area (Å²) in [4.78, 5) is 13.4. The summed E-state index contributed by atoms with van der Waals surface area (Å²) in [7, 11) is 0. The molecule has 0 spiro atoms. The minimum atomic E-state index is -0.246. The van der Waals surface area contributed by atoms with Crippen molar-refractivity contribution in [3.8, 4) is 0 Å². The Morgan fingerprint density at radius 3 is 2.21 bits per heavy atom. The molecule has 1 heterocycles. The molecular weight excluding hydrogens is 300 g/mol. The summed E-state index contributed by atoms with van der Waals surface area (Å²) in [6, 6.07) is 19.8. The van der Waals surface area contributed by atoms with Gasteiger partial charge in [0.2, 0.25) is 6.54 Å². The van der Waals surface area contributed by atoms with Crippen molar-refractivity contribution in [2.75, 3.05) is 19.6 Å². The Morgan fingerprint density at radius 2 is 1.62 bits per heavy atom. The zero-order valence-electron chi connectivity index (χ0n) is 13.7. The summed E-state index contributed by atoms with van der Waals surface area (Å²) in [5, 5.41) is 11.3. The molecule has 0 bridgehead atoms. The Kier molecular flexibility index (Phi) is 5.26. The van der Waals surface area contributed by atoms with Crippen molar-refractivity contribution >= 4 is 5.57 Å². The van der Waals surface area contributed by atoms with Crippen LogP contribution in [0.3, 0.4) is 0 Å². The van der Waals surface area contributed by atoms with Crippen LogP contribution in [-0.4, -0.2) is 29.5 Å². The van der Waals surface area contributed by atoms with Gasteiger partial charge in [0.25, 0.3) is 0 Å². The first-order valence-electron chi connectivity index (χ1n) is 8.42. The summed E-state index contributed by atoms with van der Waals surface area (Å²) < 4.78 is 0. The highest BCUT2D eigenvalue weighted by atomic mass is 16.6. The van der Waals surface area contributed by atoms with Gasteiger partial charge in [0.15, 0.2) is 0 Å². The highest BCUT2D eigenvalue weighted by Gasteiger charge is 2.25. The average Bonchev–Trinajstić information content (AvgIpc) is 3.12. The Morgan fingerprint density at radius 1 is 1.04 bits per heavy atom. The van der Waals surface area contributed by atoms with E-state index in [4.69, 9.17) is 0 Å². The van der Waals surface area contributed by atoms with E-state index in [1.807, 2.05) is 60.7 Å². The second kappa shape index (κ2) is 7.77.